The molecule has 0 aromatic rings. The number of rotatable bonds is 16. The standard InChI is InChI=1S/C21H38O5/c1-20(2,13-9-18(23)24)11-5-3-7-17(22)8-4-6-12-21(15-16-21)14-10-19(25)26/h17,22H,3-16H2,1-2H3,(H,23,24)(H,25,26). The molecule has 1 unspecified atom stereocenters. The molecule has 1 saturated carbocycles. The Labute approximate surface area is 158 Å². The van der Waals surface area contributed by atoms with Crippen LogP contribution in [0.25, 0.3) is 0 Å². The summed E-state index contributed by atoms with van der Waals surface area (Å²) in [7, 11) is 0. The van der Waals surface area contributed by atoms with Crippen molar-refractivity contribution in [2.75, 3.05) is 0 Å². The van der Waals surface area contributed by atoms with Crippen LogP contribution in [0.1, 0.15) is 104 Å². The van der Waals surface area contributed by atoms with Gasteiger partial charge in [-0.2, -0.15) is 0 Å². The van der Waals surface area contributed by atoms with Crippen molar-refractivity contribution in [1.82, 2.24) is 0 Å². The lowest BCUT2D eigenvalue weighted by Crippen LogP contribution is -2.14. The van der Waals surface area contributed by atoms with Crippen molar-refractivity contribution in [2.24, 2.45) is 10.8 Å². The molecule has 0 spiro atoms. The van der Waals surface area contributed by atoms with E-state index < -0.39 is 11.9 Å². The predicted molar refractivity (Wildman–Crippen MR) is 102 cm³/mol. The molecule has 0 radical (unpaired) electrons. The molecule has 5 nitrogen and oxygen atoms in total. The van der Waals surface area contributed by atoms with Gasteiger partial charge in [-0.1, -0.05) is 39.5 Å². The van der Waals surface area contributed by atoms with Gasteiger partial charge >= 0.3 is 11.9 Å². The number of hydrogen-bond donors (Lipinski definition) is 3. The van der Waals surface area contributed by atoms with E-state index in [1.54, 1.807) is 0 Å². The van der Waals surface area contributed by atoms with E-state index in [1.165, 1.54) is 12.8 Å². The Hall–Kier alpha value is -1.10. The number of carboxylic acids is 2. The second kappa shape index (κ2) is 10.9. The summed E-state index contributed by atoms with van der Waals surface area (Å²) in [5.74, 6) is -1.43. The zero-order valence-electron chi connectivity index (χ0n) is 16.6. The minimum Gasteiger partial charge on any atom is -0.481 e. The Morgan fingerprint density at radius 2 is 1.46 bits per heavy atom. The summed E-state index contributed by atoms with van der Waals surface area (Å²) in [4.78, 5) is 21.4. The van der Waals surface area contributed by atoms with E-state index in [0.29, 0.717) is 11.8 Å². The van der Waals surface area contributed by atoms with Gasteiger partial charge in [0.05, 0.1) is 6.10 Å². The molecule has 152 valence electrons. The number of hydrogen-bond acceptors (Lipinski definition) is 3. The maximum Gasteiger partial charge on any atom is 0.303 e. The average molecular weight is 371 g/mol. The number of carboxylic acid groups (broad SMARTS) is 2. The summed E-state index contributed by atoms with van der Waals surface area (Å²) >= 11 is 0. The molecule has 1 atom stereocenters. The highest BCUT2D eigenvalue weighted by atomic mass is 16.4. The summed E-state index contributed by atoms with van der Waals surface area (Å²) in [5, 5.41) is 27.7. The second-order valence-corrected chi connectivity index (χ2v) is 9.10. The highest BCUT2D eigenvalue weighted by Gasteiger charge is 2.41. The Bertz CT molecular complexity index is 412. The topological polar surface area (TPSA) is 94.8 Å². The molecule has 0 bridgehead atoms. The molecular weight excluding hydrogens is 332 g/mol. The van der Waals surface area contributed by atoms with Gasteiger partial charge in [0.25, 0.3) is 0 Å². The van der Waals surface area contributed by atoms with Crippen LogP contribution in [0, 0.1) is 10.8 Å². The molecule has 0 heterocycles. The normalized spacial score (nSPS) is 17.0. The molecular formula is C21H38O5. The lowest BCUT2D eigenvalue weighted by Gasteiger charge is -2.24. The lowest BCUT2D eigenvalue weighted by molar-refractivity contribution is -0.138. The predicted octanol–water partition coefficient (Wildman–Crippen LogP) is 5.00. The molecule has 5 heteroatoms. The molecule has 0 amide bonds. The van der Waals surface area contributed by atoms with Crippen molar-refractivity contribution in [3.63, 3.8) is 0 Å². The van der Waals surface area contributed by atoms with E-state index in [1.807, 2.05) is 0 Å². The van der Waals surface area contributed by atoms with Crippen LogP contribution in [0.4, 0.5) is 0 Å². The van der Waals surface area contributed by atoms with Crippen molar-refractivity contribution in [3.8, 4) is 0 Å². The summed E-state index contributed by atoms with van der Waals surface area (Å²) in [6.45, 7) is 4.23. The van der Waals surface area contributed by atoms with E-state index in [9.17, 15) is 14.7 Å². The fourth-order valence-corrected chi connectivity index (χ4v) is 3.75. The summed E-state index contributed by atoms with van der Waals surface area (Å²) in [5.41, 5.74) is 0.350. The number of aliphatic carboxylic acids is 2. The first-order chi connectivity index (χ1) is 12.1. The van der Waals surface area contributed by atoms with Crippen LogP contribution in [0.3, 0.4) is 0 Å². The highest BCUT2D eigenvalue weighted by Crippen LogP contribution is 2.53. The highest BCUT2D eigenvalue weighted by molar-refractivity contribution is 5.67. The number of carbonyl (C=O) groups is 2. The van der Waals surface area contributed by atoms with E-state index in [-0.39, 0.29) is 24.4 Å². The van der Waals surface area contributed by atoms with E-state index in [0.717, 1.165) is 57.8 Å². The monoisotopic (exact) mass is 370 g/mol. The van der Waals surface area contributed by atoms with Crippen LogP contribution >= 0.6 is 0 Å². The van der Waals surface area contributed by atoms with Crippen molar-refractivity contribution < 1.29 is 24.9 Å². The van der Waals surface area contributed by atoms with E-state index in [2.05, 4.69) is 13.8 Å². The van der Waals surface area contributed by atoms with Crippen molar-refractivity contribution in [1.29, 1.82) is 0 Å². The van der Waals surface area contributed by atoms with Crippen LogP contribution in [0.5, 0.6) is 0 Å². The Morgan fingerprint density at radius 1 is 0.885 bits per heavy atom. The van der Waals surface area contributed by atoms with Gasteiger partial charge in [-0.25, -0.2) is 0 Å². The summed E-state index contributed by atoms with van der Waals surface area (Å²) in [6.07, 6.45) is 12.0. The van der Waals surface area contributed by atoms with Crippen molar-refractivity contribution in [2.45, 2.75) is 110 Å². The maximum atomic E-state index is 10.7. The van der Waals surface area contributed by atoms with Gasteiger partial charge in [-0.05, 0) is 62.2 Å². The number of unbranched alkanes of at least 4 members (excludes halogenated alkanes) is 2. The third-order valence-corrected chi connectivity index (χ3v) is 5.98. The van der Waals surface area contributed by atoms with Crippen molar-refractivity contribution in [3.05, 3.63) is 0 Å². The summed E-state index contributed by atoms with van der Waals surface area (Å²) < 4.78 is 0. The molecule has 1 rings (SSSR count). The van der Waals surface area contributed by atoms with Crippen LogP contribution in [0.2, 0.25) is 0 Å². The number of aliphatic hydroxyl groups excluding tert-OH is 1. The number of aliphatic hydroxyl groups is 1. The quantitative estimate of drug-likeness (QED) is 0.332. The first-order valence-electron chi connectivity index (χ1n) is 10.3. The van der Waals surface area contributed by atoms with Crippen LogP contribution in [-0.2, 0) is 9.59 Å². The molecule has 26 heavy (non-hydrogen) atoms. The molecule has 0 aliphatic heterocycles. The molecule has 0 aromatic heterocycles. The SMILES string of the molecule is CC(C)(CCCCC(O)CCCCC1(CCC(=O)O)CC1)CCC(=O)O. The molecule has 3 N–H and O–H groups in total. The zero-order chi connectivity index (χ0) is 19.6. The zero-order valence-corrected chi connectivity index (χ0v) is 16.6. The molecule has 1 aliphatic rings. The van der Waals surface area contributed by atoms with Gasteiger partial charge in [-0.15, -0.1) is 0 Å². The van der Waals surface area contributed by atoms with Gasteiger partial charge in [-0.3, -0.25) is 9.59 Å². The maximum absolute atomic E-state index is 10.7. The van der Waals surface area contributed by atoms with Gasteiger partial charge in [0, 0.05) is 12.8 Å². The lowest BCUT2D eigenvalue weighted by atomic mass is 9.82. The van der Waals surface area contributed by atoms with Crippen LogP contribution < -0.4 is 0 Å². The Balaban J connectivity index is 2.02. The first kappa shape index (κ1) is 22.9. The fraction of sp³-hybridized carbons (Fsp3) is 0.905. The Kier molecular flexibility index (Phi) is 9.62. The van der Waals surface area contributed by atoms with E-state index in [4.69, 9.17) is 10.2 Å². The van der Waals surface area contributed by atoms with Gasteiger partial charge in [0.15, 0.2) is 0 Å². The minimum atomic E-state index is -0.732. The average Bonchev–Trinajstić information content (AvgIpc) is 3.33. The Morgan fingerprint density at radius 3 is 2.00 bits per heavy atom. The van der Waals surface area contributed by atoms with Gasteiger partial charge in [0.2, 0.25) is 0 Å². The molecule has 0 saturated heterocycles. The first-order valence-corrected chi connectivity index (χ1v) is 10.3. The smallest absolute Gasteiger partial charge is 0.303 e. The molecule has 1 aliphatic carbocycles. The van der Waals surface area contributed by atoms with Crippen molar-refractivity contribution >= 4 is 11.9 Å². The third-order valence-electron chi connectivity index (χ3n) is 5.98. The second-order valence-electron chi connectivity index (χ2n) is 9.10. The minimum absolute atomic E-state index is 0.0534. The third kappa shape index (κ3) is 10.8. The van der Waals surface area contributed by atoms with Gasteiger partial charge < -0.3 is 15.3 Å². The molecule has 0 aromatic carbocycles. The van der Waals surface area contributed by atoms with Crippen LogP contribution in [-0.4, -0.2) is 33.4 Å². The van der Waals surface area contributed by atoms with E-state index >= 15 is 0 Å². The largest absolute Gasteiger partial charge is 0.481 e. The van der Waals surface area contributed by atoms with Gasteiger partial charge in [0.1, 0.15) is 0 Å². The fourth-order valence-electron chi connectivity index (χ4n) is 3.75. The van der Waals surface area contributed by atoms with Crippen LogP contribution in [0.15, 0.2) is 0 Å². The summed E-state index contributed by atoms with van der Waals surface area (Å²) in [6, 6.07) is 0. The molecule has 1 fully saturated rings.